The van der Waals surface area contributed by atoms with Crippen LogP contribution in [0, 0.1) is 12.3 Å². The van der Waals surface area contributed by atoms with E-state index in [1.54, 1.807) is 6.33 Å². The van der Waals surface area contributed by atoms with E-state index in [1.165, 1.54) is 43.4 Å². The fourth-order valence-corrected chi connectivity index (χ4v) is 4.86. The van der Waals surface area contributed by atoms with Gasteiger partial charge in [-0.15, -0.1) is 11.3 Å². The maximum absolute atomic E-state index is 12.6. The van der Waals surface area contributed by atoms with Gasteiger partial charge in [0.1, 0.15) is 4.70 Å². The van der Waals surface area contributed by atoms with Gasteiger partial charge in [-0.25, -0.2) is 4.98 Å². The monoisotopic (exact) mass is 354 g/mol. The van der Waals surface area contributed by atoms with Gasteiger partial charge in [0.25, 0.3) is 5.56 Å². The van der Waals surface area contributed by atoms with Crippen molar-refractivity contribution in [2.75, 3.05) is 5.33 Å². The molecule has 0 unspecified atom stereocenters. The number of fused-ring (bicyclic) bond motifs is 1. The van der Waals surface area contributed by atoms with Crippen molar-refractivity contribution < 1.29 is 0 Å². The molecule has 0 spiro atoms. The van der Waals surface area contributed by atoms with Gasteiger partial charge in [0.15, 0.2) is 0 Å². The van der Waals surface area contributed by atoms with Crippen molar-refractivity contribution in [3.8, 4) is 0 Å². The minimum absolute atomic E-state index is 0.124. The lowest BCUT2D eigenvalue weighted by atomic mass is 9.75. The molecule has 0 aromatic carbocycles. The predicted octanol–water partition coefficient (Wildman–Crippen LogP) is 4.11. The number of rotatable bonds is 3. The molecule has 1 fully saturated rings. The van der Waals surface area contributed by atoms with Crippen LogP contribution >= 0.6 is 27.3 Å². The first kappa shape index (κ1) is 14.3. The topological polar surface area (TPSA) is 34.9 Å². The van der Waals surface area contributed by atoms with Crippen molar-refractivity contribution in [2.45, 2.75) is 45.6 Å². The van der Waals surface area contributed by atoms with E-state index in [1.807, 2.05) is 16.9 Å². The Kier molecular flexibility index (Phi) is 4.00. The molecule has 1 aliphatic carbocycles. The van der Waals surface area contributed by atoms with E-state index < -0.39 is 0 Å². The van der Waals surface area contributed by atoms with Gasteiger partial charge in [0.05, 0.1) is 11.8 Å². The van der Waals surface area contributed by atoms with Gasteiger partial charge in [0, 0.05) is 11.9 Å². The van der Waals surface area contributed by atoms with E-state index in [2.05, 4.69) is 20.9 Å². The van der Waals surface area contributed by atoms with Crippen LogP contribution in [0.1, 0.15) is 37.7 Å². The first-order chi connectivity index (χ1) is 9.65. The Labute approximate surface area is 131 Å². The van der Waals surface area contributed by atoms with E-state index >= 15 is 0 Å². The second kappa shape index (κ2) is 5.60. The third-order valence-electron chi connectivity index (χ3n) is 4.43. The number of thiophene rings is 1. The maximum atomic E-state index is 12.6. The molecule has 0 atom stereocenters. The smallest absolute Gasteiger partial charge is 0.271 e. The Morgan fingerprint density at radius 1 is 1.40 bits per heavy atom. The third kappa shape index (κ3) is 2.46. The van der Waals surface area contributed by atoms with Crippen LogP contribution in [0.2, 0.25) is 0 Å². The summed E-state index contributed by atoms with van der Waals surface area (Å²) in [5.41, 5.74) is 2.32. The number of alkyl halides is 1. The minimum atomic E-state index is 0.124. The molecule has 0 radical (unpaired) electrons. The number of nitrogens with zero attached hydrogens (tertiary/aromatic N) is 2. The van der Waals surface area contributed by atoms with Crippen LogP contribution in [-0.4, -0.2) is 14.9 Å². The van der Waals surface area contributed by atoms with Crippen molar-refractivity contribution in [1.82, 2.24) is 9.55 Å². The van der Waals surface area contributed by atoms with Crippen LogP contribution in [0.4, 0.5) is 0 Å². The highest BCUT2D eigenvalue weighted by atomic mass is 79.9. The molecule has 0 N–H and O–H groups in total. The lowest BCUT2D eigenvalue weighted by Crippen LogP contribution is -2.35. The number of hydrogen-bond acceptors (Lipinski definition) is 3. The average Bonchev–Trinajstić information content (AvgIpc) is 2.85. The molecule has 0 amide bonds. The lowest BCUT2D eigenvalue weighted by Gasteiger charge is -2.36. The zero-order valence-electron chi connectivity index (χ0n) is 11.7. The molecular formula is C15H19BrN2OS. The number of aryl methyl sites for hydroxylation is 1. The Morgan fingerprint density at radius 2 is 2.15 bits per heavy atom. The van der Waals surface area contributed by atoms with Crippen LogP contribution in [0.3, 0.4) is 0 Å². The first-order valence-corrected chi connectivity index (χ1v) is 9.15. The zero-order chi connectivity index (χ0) is 14.2. The quantitative estimate of drug-likeness (QED) is 0.777. The summed E-state index contributed by atoms with van der Waals surface area (Å²) in [4.78, 5) is 17.1. The van der Waals surface area contributed by atoms with Gasteiger partial charge < -0.3 is 0 Å². The second-order valence-electron chi connectivity index (χ2n) is 5.97. The van der Waals surface area contributed by atoms with Gasteiger partial charge in [-0.05, 0) is 36.1 Å². The SMILES string of the molecule is Cc1csc2c(=O)n(CC3(CBr)CCCCC3)cnc12. The fraction of sp³-hybridized carbons (Fsp3) is 0.600. The molecule has 2 aromatic rings. The molecule has 2 heterocycles. The molecule has 0 aliphatic heterocycles. The Balaban J connectivity index is 1.98. The fourth-order valence-electron chi connectivity index (χ4n) is 3.17. The van der Waals surface area contributed by atoms with E-state index in [0.29, 0.717) is 0 Å². The van der Waals surface area contributed by atoms with Crippen molar-refractivity contribution in [1.29, 1.82) is 0 Å². The summed E-state index contributed by atoms with van der Waals surface area (Å²) >= 11 is 5.19. The van der Waals surface area contributed by atoms with Gasteiger partial charge in [-0.1, -0.05) is 35.2 Å². The molecule has 20 heavy (non-hydrogen) atoms. The summed E-state index contributed by atoms with van der Waals surface area (Å²) in [5, 5.41) is 2.98. The predicted molar refractivity (Wildman–Crippen MR) is 87.9 cm³/mol. The summed E-state index contributed by atoms with van der Waals surface area (Å²) in [6.45, 7) is 2.80. The molecule has 0 saturated heterocycles. The Hall–Kier alpha value is -0.680. The van der Waals surface area contributed by atoms with Crippen molar-refractivity contribution >= 4 is 37.5 Å². The molecular weight excluding hydrogens is 336 g/mol. The van der Waals surface area contributed by atoms with Gasteiger partial charge in [0.2, 0.25) is 0 Å². The maximum Gasteiger partial charge on any atom is 0.271 e. The highest BCUT2D eigenvalue weighted by Crippen LogP contribution is 2.39. The summed E-state index contributed by atoms with van der Waals surface area (Å²) in [6, 6.07) is 0. The van der Waals surface area contributed by atoms with Crippen LogP contribution in [0.25, 0.3) is 10.2 Å². The molecule has 3 rings (SSSR count). The summed E-state index contributed by atoms with van der Waals surface area (Å²) in [7, 11) is 0. The van der Waals surface area contributed by atoms with Crippen LogP contribution in [0.15, 0.2) is 16.5 Å². The normalized spacial score (nSPS) is 18.5. The number of hydrogen-bond donors (Lipinski definition) is 0. The second-order valence-corrected chi connectivity index (χ2v) is 7.41. The summed E-state index contributed by atoms with van der Waals surface area (Å²) < 4.78 is 2.62. The van der Waals surface area contributed by atoms with E-state index in [-0.39, 0.29) is 11.0 Å². The molecule has 1 aliphatic rings. The van der Waals surface area contributed by atoms with E-state index in [4.69, 9.17) is 0 Å². The first-order valence-electron chi connectivity index (χ1n) is 7.14. The largest absolute Gasteiger partial charge is 0.297 e. The van der Waals surface area contributed by atoms with E-state index in [9.17, 15) is 4.79 Å². The Morgan fingerprint density at radius 3 is 2.85 bits per heavy atom. The lowest BCUT2D eigenvalue weighted by molar-refractivity contribution is 0.188. The third-order valence-corrected chi connectivity index (χ3v) is 6.69. The van der Waals surface area contributed by atoms with Gasteiger partial charge in [-0.3, -0.25) is 9.36 Å². The van der Waals surface area contributed by atoms with Crippen molar-refractivity contribution in [3.05, 3.63) is 27.6 Å². The minimum Gasteiger partial charge on any atom is -0.297 e. The standard InChI is InChI=1S/C15H19BrN2OS/c1-11-7-20-13-12(11)17-10-18(14(13)19)9-15(8-16)5-3-2-4-6-15/h7,10H,2-6,8-9H2,1H3. The highest BCUT2D eigenvalue weighted by molar-refractivity contribution is 9.09. The summed E-state index contributed by atoms with van der Waals surface area (Å²) in [6.07, 6.45) is 8.01. The molecule has 2 aromatic heterocycles. The van der Waals surface area contributed by atoms with Crippen LogP contribution in [-0.2, 0) is 6.54 Å². The molecule has 5 heteroatoms. The van der Waals surface area contributed by atoms with Gasteiger partial charge >= 0.3 is 0 Å². The van der Waals surface area contributed by atoms with Crippen LogP contribution < -0.4 is 5.56 Å². The molecule has 108 valence electrons. The molecule has 0 bridgehead atoms. The van der Waals surface area contributed by atoms with E-state index in [0.717, 1.165) is 27.7 Å². The average molecular weight is 355 g/mol. The molecule has 3 nitrogen and oxygen atoms in total. The Bertz CT molecular complexity index is 670. The summed E-state index contributed by atoms with van der Waals surface area (Å²) in [5.74, 6) is 0. The number of halogens is 1. The molecule has 1 saturated carbocycles. The highest BCUT2D eigenvalue weighted by Gasteiger charge is 2.32. The van der Waals surface area contributed by atoms with Gasteiger partial charge in [-0.2, -0.15) is 0 Å². The zero-order valence-corrected chi connectivity index (χ0v) is 14.1. The van der Waals surface area contributed by atoms with Crippen LogP contribution in [0.5, 0.6) is 0 Å². The number of aromatic nitrogens is 2. The van der Waals surface area contributed by atoms with Crippen molar-refractivity contribution in [3.63, 3.8) is 0 Å². The van der Waals surface area contributed by atoms with Crippen molar-refractivity contribution in [2.24, 2.45) is 5.41 Å².